The minimum Gasteiger partial charge on any atom is -0.447 e. The average molecular weight is 391 g/mol. The van der Waals surface area contributed by atoms with Crippen molar-refractivity contribution >= 4 is 5.91 Å². The summed E-state index contributed by atoms with van der Waals surface area (Å²) in [5, 5.41) is 2.88. The Kier molecular flexibility index (Phi) is 6.29. The predicted octanol–water partition coefficient (Wildman–Crippen LogP) is 2.32. The van der Waals surface area contributed by atoms with Crippen LogP contribution >= 0.6 is 0 Å². The van der Waals surface area contributed by atoms with Gasteiger partial charge < -0.3 is 9.73 Å². The molecular weight excluding hydrogens is 366 g/mol. The van der Waals surface area contributed by atoms with Gasteiger partial charge in [-0.15, -0.1) is 0 Å². The number of nitrogens with zero attached hydrogens (tertiary/aromatic N) is 4. The molecule has 0 spiro atoms. The second-order valence-corrected chi connectivity index (χ2v) is 7.20. The zero-order chi connectivity index (χ0) is 19.9. The van der Waals surface area contributed by atoms with E-state index in [-0.39, 0.29) is 5.91 Å². The number of rotatable bonds is 7. The molecule has 1 fully saturated rings. The Bertz CT molecular complexity index is 905. The van der Waals surface area contributed by atoms with Crippen LogP contribution in [0.1, 0.15) is 27.5 Å². The fourth-order valence-electron chi connectivity index (χ4n) is 3.40. The smallest absolute Gasteiger partial charge is 0.273 e. The fraction of sp³-hybridized carbons (Fsp3) is 0.318. The summed E-state index contributed by atoms with van der Waals surface area (Å²) in [7, 11) is 0. The van der Waals surface area contributed by atoms with Crippen LogP contribution in [-0.2, 0) is 19.6 Å². The number of nitrogens with one attached hydrogen (secondary N) is 1. The van der Waals surface area contributed by atoms with E-state index in [9.17, 15) is 4.79 Å². The molecule has 1 N–H and O–H groups in total. The number of aromatic nitrogens is 2. The lowest BCUT2D eigenvalue weighted by Gasteiger charge is -2.33. The van der Waals surface area contributed by atoms with Gasteiger partial charge in [-0.1, -0.05) is 30.3 Å². The normalized spacial score (nSPS) is 15.3. The lowest BCUT2D eigenvalue weighted by molar-refractivity contribution is 0.0945. The third kappa shape index (κ3) is 5.49. The van der Waals surface area contributed by atoms with Crippen LogP contribution in [0.5, 0.6) is 0 Å². The van der Waals surface area contributed by atoms with Crippen molar-refractivity contribution in [2.24, 2.45) is 0 Å². The number of amides is 1. The Labute approximate surface area is 170 Å². The molecule has 0 aliphatic carbocycles. The van der Waals surface area contributed by atoms with Crippen molar-refractivity contribution in [3.63, 3.8) is 0 Å². The molecule has 3 aromatic rings. The van der Waals surface area contributed by atoms with Gasteiger partial charge in [0.2, 0.25) is 5.89 Å². The summed E-state index contributed by atoms with van der Waals surface area (Å²) >= 11 is 0. The molecule has 3 heterocycles. The van der Waals surface area contributed by atoms with Crippen LogP contribution in [0.25, 0.3) is 0 Å². The van der Waals surface area contributed by atoms with E-state index in [0.29, 0.717) is 24.7 Å². The average Bonchev–Trinajstić information content (AvgIpc) is 3.23. The van der Waals surface area contributed by atoms with E-state index in [2.05, 4.69) is 37.2 Å². The second-order valence-electron chi connectivity index (χ2n) is 7.20. The molecule has 1 aromatic carbocycles. The maximum atomic E-state index is 12.3. The quantitative estimate of drug-likeness (QED) is 0.666. The van der Waals surface area contributed by atoms with E-state index in [1.165, 1.54) is 11.8 Å². The summed E-state index contributed by atoms with van der Waals surface area (Å²) in [4.78, 5) is 25.5. The van der Waals surface area contributed by atoms with Crippen molar-refractivity contribution in [2.45, 2.75) is 19.6 Å². The molecule has 0 bridgehead atoms. The molecule has 1 amide bonds. The van der Waals surface area contributed by atoms with E-state index in [0.717, 1.165) is 38.3 Å². The summed E-state index contributed by atoms with van der Waals surface area (Å²) in [6.07, 6.45) is 5.11. The van der Waals surface area contributed by atoms with Crippen LogP contribution < -0.4 is 5.32 Å². The zero-order valence-electron chi connectivity index (χ0n) is 16.3. The van der Waals surface area contributed by atoms with E-state index < -0.39 is 0 Å². The van der Waals surface area contributed by atoms with Gasteiger partial charge in [0.15, 0.2) is 5.69 Å². The molecule has 7 heteroatoms. The van der Waals surface area contributed by atoms with Crippen molar-refractivity contribution in [1.82, 2.24) is 25.1 Å². The monoisotopic (exact) mass is 391 g/mol. The van der Waals surface area contributed by atoms with E-state index in [1.54, 1.807) is 0 Å². The third-order valence-electron chi connectivity index (χ3n) is 5.06. The van der Waals surface area contributed by atoms with Crippen molar-refractivity contribution in [3.8, 4) is 0 Å². The van der Waals surface area contributed by atoms with E-state index in [1.807, 2.05) is 42.7 Å². The number of piperazine rings is 1. The molecule has 29 heavy (non-hydrogen) atoms. The maximum Gasteiger partial charge on any atom is 0.273 e. The van der Waals surface area contributed by atoms with Crippen LogP contribution in [-0.4, -0.2) is 51.9 Å². The molecule has 0 radical (unpaired) electrons. The van der Waals surface area contributed by atoms with Gasteiger partial charge in [0.1, 0.15) is 6.26 Å². The minimum atomic E-state index is -0.217. The summed E-state index contributed by atoms with van der Waals surface area (Å²) in [6.45, 7) is 5.92. The second kappa shape index (κ2) is 9.45. The lowest BCUT2D eigenvalue weighted by atomic mass is 10.2. The highest BCUT2D eigenvalue weighted by Crippen LogP contribution is 2.11. The Hall–Kier alpha value is -3.03. The molecule has 0 unspecified atom stereocenters. The first-order chi connectivity index (χ1) is 14.3. The molecule has 4 rings (SSSR count). The highest BCUT2D eigenvalue weighted by molar-refractivity contribution is 5.91. The van der Waals surface area contributed by atoms with Crippen LogP contribution in [0.3, 0.4) is 0 Å². The van der Waals surface area contributed by atoms with Gasteiger partial charge in [-0.2, -0.15) is 0 Å². The third-order valence-corrected chi connectivity index (χ3v) is 5.06. The molecule has 0 atom stereocenters. The number of oxazole rings is 1. The van der Waals surface area contributed by atoms with Crippen molar-refractivity contribution in [2.75, 3.05) is 26.2 Å². The molecule has 2 aromatic heterocycles. The van der Waals surface area contributed by atoms with E-state index >= 15 is 0 Å². The van der Waals surface area contributed by atoms with E-state index in [4.69, 9.17) is 4.42 Å². The van der Waals surface area contributed by atoms with Gasteiger partial charge >= 0.3 is 0 Å². The number of hydrogen-bond donors (Lipinski definition) is 1. The molecule has 0 saturated carbocycles. The maximum absolute atomic E-state index is 12.3. The Morgan fingerprint density at radius 3 is 2.34 bits per heavy atom. The number of hydrogen-bond acceptors (Lipinski definition) is 6. The highest BCUT2D eigenvalue weighted by atomic mass is 16.3. The number of benzene rings is 1. The minimum absolute atomic E-state index is 0.217. The molecule has 150 valence electrons. The number of pyridine rings is 1. The van der Waals surface area contributed by atoms with Gasteiger partial charge in [-0.05, 0) is 23.3 Å². The number of carbonyl (C=O) groups is 1. The zero-order valence-corrected chi connectivity index (χ0v) is 16.3. The van der Waals surface area contributed by atoms with Gasteiger partial charge in [0.05, 0.1) is 6.54 Å². The van der Waals surface area contributed by atoms with Crippen molar-refractivity contribution in [3.05, 3.63) is 83.8 Å². The topological polar surface area (TPSA) is 74.5 Å². The van der Waals surface area contributed by atoms with Gasteiger partial charge in [-0.3, -0.25) is 19.6 Å². The summed E-state index contributed by atoms with van der Waals surface area (Å²) in [5.74, 6) is 0.364. The lowest BCUT2D eigenvalue weighted by Crippen LogP contribution is -2.45. The molecule has 1 aliphatic heterocycles. The fourth-order valence-corrected chi connectivity index (χ4v) is 3.40. The molecule has 7 nitrogen and oxygen atoms in total. The van der Waals surface area contributed by atoms with Crippen molar-refractivity contribution in [1.29, 1.82) is 0 Å². The largest absolute Gasteiger partial charge is 0.447 e. The summed E-state index contributed by atoms with van der Waals surface area (Å²) in [5.41, 5.74) is 2.66. The number of carbonyl (C=O) groups excluding carboxylic acids is 1. The Balaban J connectivity index is 1.23. The van der Waals surface area contributed by atoms with Gasteiger partial charge in [-0.25, -0.2) is 4.98 Å². The summed E-state index contributed by atoms with van der Waals surface area (Å²) < 4.78 is 5.53. The molecular formula is C22H25N5O2. The first-order valence-corrected chi connectivity index (χ1v) is 9.86. The Morgan fingerprint density at radius 2 is 1.62 bits per heavy atom. The first kappa shape index (κ1) is 19.3. The van der Waals surface area contributed by atoms with Crippen LogP contribution in [0.2, 0.25) is 0 Å². The Morgan fingerprint density at radius 1 is 0.931 bits per heavy atom. The van der Waals surface area contributed by atoms with Gasteiger partial charge in [0.25, 0.3) is 5.91 Å². The molecule has 1 saturated heterocycles. The summed E-state index contributed by atoms with van der Waals surface area (Å²) in [6, 6.07) is 13.9. The van der Waals surface area contributed by atoms with Crippen LogP contribution in [0.4, 0.5) is 0 Å². The van der Waals surface area contributed by atoms with Gasteiger partial charge in [0, 0.05) is 51.7 Å². The predicted molar refractivity (Wildman–Crippen MR) is 109 cm³/mol. The van der Waals surface area contributed by atoms with Crippen molar-refractivity contribution < 1.29 is 9.21 Å². The molecule has 1 aliphatic rings. The SMILES string of the molecule is O=C(NCc1ccccc1)c1coc(CN2CCN(Cc3ccncc3)CC2)n1. The van der Waals surface area contributed by atoms with Crippen LogP contribution in [0.15, 0.2) is 65.5 Å². The first-order valence-electron chi connectivity index (χ1n) is 9.86. The highest BCUT2D eigenvalue weighted by Gasteiger charge is 2.20. The standard InChI is InChI=1S/C22H25N5O2/c28-22(24-14-18-4-2-1-3-5-18)20-17-29-21(25-20)16-27-12-10-26(11-13-27)15-19-6-8-23-9-7-19/h1-9,17H,10-16H2,(H,24,28). The van der Waals surface area contributed by atoms with Crippen LogP contribution in [0, 0.1) is 0 Å².